The Bertz CT molecular complexity index is 526. The van der Waals surface area contributed by atoms with E-state index in [1.54, 1.807) is 3.33 Å². The van der Waals surface area contributed by atoms with Crippen LogP contribution in [0, 0.1) is 6.92 Å². The monoisotopic (exact) mass is 425 g/mol. The number of carboxylic acids is 2. The van der Waals surface area contributed by atoms with Crippen LogP contribution in [0.4, 0.5) is 0 Å². The molecule has 0 atom stereocenters. The van der Waals surface area contributed by atoms with Gasteiger partial charge < -0.3 is 10.2 Å². The van der Waals surface area contributed by atoms with Crippen molar-refractivity contribution in [2.45, 2.75) is 13.3 Å². The number of hydrogen-bond acceptors (Lipinski definition) is 2. The molecule has 0 saturated heterocycles. The molecule has 0 radical (unpaired) electrons. The van der Waals surface area contributed by atoms with E-state index in [9.17, 15) is 9.59 Å². The van der Waals surface area contributed by atoms with Gasteiger partial charge in [-0.3, -0.25) is 0 Å². The van der Waals surface area contributed by atoms with Crippen LogP contribution in [0.25, 0.3) is 0 Å². The molecule has 0 heterocycles. The molecule has 4 nitrogen and oxygen atoms in total. The van der Waals surface area contributed by atoms with Crippen LogP contribution in [0.15, 0.2) is 39.8 Å². The van der Waals surface area contributed by atoms with Gasteiger partial charge in [0, 0.05) is 0 Å². The molecule has 0 saturated carbocycles. The first-order valence-electron chi connectivity index (χ1n) is 5.57. The summed E-state index contributed by atoms with van der Waals surface area (Å²) in [6.07, 6.45) is 7.75. The zero-order valence-electron chi connectivity index (χ0n) is 10.4. The average molecular weight is 424 g/mol. The Kier molecular flexibility index (Phi) is 5.89. The quantitative estimate of drug-likeness (QED) is 0.717. The summed E-state index contributed by atoms with van der Waals surface area (Å²) < 4.78 is 1.61. The molecule has 0 fully saturated rings. The van der Waals surface area contributed by atoms with Gasteiger partial charge in [0.15, 0.2) is 0 Å². The van der Waals surface area contributed by atoms with Gasteiger partial charge in [-0.25, -0.2) is 9.59 Å². The zero-order valence-corrected chi connectivity index (χ0v) is 14.0. The standard InChI is InChI=1S/C9H8O4.C5H5.Hf/c1-5-6(8(10)11)3-2-4-7(5)9(12)13;1-2-4-5-3-1;/h2-4H,1H3,(H,10,11)(H,12,13);1-3H,4H2;. The third kappa shape index (κ3) is 4.59. The van der Waals surface area contributed by atoms with Crippen LogP contribution in [-0.4, -0.2) is 22.2 Å². The Balaban J connectivity index is 0.000000250. The molecule has 0 aliphatic heterocycles. The van der Waals surface area contributed by atoms with E-state index in [-0.39, 0.29) is 16.7 Å². The van der Waals surface area contributed by atoms with Gasteiger partial charge in [0.1, 0.15) is 0 Å². The Labute approximate surface area is 126 Å². The van der Waals surface area contributed by atoms with Crippen molar-refractivity contribution < 1.29 is 44.2 Å². The minimum atomic E-state index is -1.11. The Hall–Kier alpha value is -1.49. The molecule has 97 valence electrons. The van der Waals surface area contributed by atoms with Gasteiger partial charge in [0.2, 0.25) is 0 Å². The molecule has 0 amide bonds. The van der Waals surface area contributed by atoms with E-state index in [1.165, 1.54) is 55.9 Å². The van der Waals surface area contributed by atoms with Gasteiger partial charge in [-0.2, -0.15) is 0 Å². The average Bonchev–Trinajstić information content (AvgIpc) is 2.80. The molecule has 0 bridgehead atoms. The van der Waals surface area contributed by atoms with Crippen molar-refractivity contribution in [3.8, 4) is 0 Å². The van der Waals surface area contributed by atoms with Crippen LogP contribution in [-0.2, 0) is 24.4 Å². The molecule has 0 aromatic heterocycles. The Morgan fingerprint density at radius 1 is 1.16 bits per heavy atom. The third-order valence-electron chi connectivity index (χ3n) is 2.57. The van der Waals surface area contributed by atoms with Crippen molar-refractivity contribution >= 4 is 11.9 Å². The second-order valence-electron chi connectivity index (χ2n) is 3.91. The van der Waals surface area contributed by atoms with E-state index in [1.807, 2.05) is 0 Å². The first-order valence-corrected chi connectivity index (χ1v) is 7.36. The fraction of sp³-hybridized carbons (Fsp3) is 0.143. The molecule has 1 aromatic rings. The predicted octanol–water partition coefficient (Wildman–Crippen LogP) is 2.77. The summed E-state index contributed by atoms with van der Waals surface area (Å²) >= 11 is 1.25. The van der Waals surface area contributed by atoms with Crippen molar-refractivity contribution in [3.63, 3.8) is 0 Å². The summed E-state index contributed by atoms with van der Waals surface area (Å²) in [4.78, 5) is 21.2. The Morgan fingerprint density at radius 3 is 1.95 bits per heavy atom. The van der Waals surface area contributed by atoms with Gasteiger partial charge in [-0.15, -0.1) is 0 Å². The van der Waals surface area contributed by atoms with Crippen molar-refractivity contribution in [1.29, 1.82) is 0 Å². The number of rotatable bonds is 2. The van der Waals surface area contributed by atoms with E-state index in [4.69, 9.17) is 10.2 Å². The van der Waals surface area contributed by atoms with Crippen molar-refractivity contribution in [2.24, 2.45) is 0 Å². The summed E-state index contributed by atoms with van der Waals surface area (Å²) in [5.74, 6) is -2.22. The molecule has 1 aromatic carbocycles. The van der Waals surface area contributed by atoms with Gasteiger partial charge in [0.25, 0.3) is 0 Å². The van der Waals surface area contributed by atoms with Gasteiger partial charge in [-0.1, -0.05) is 6.07 Å². The SMILES string of the molecule is Cc1c(C(=O)O)cccc1C(=O)O.[Hf][C]1=CC=CC1. The summed E-state index contributed by atoms with van der Waals surface area (Å²) in [6, 6.07) is 4.17. The molecular formula is C14H13HfO4. The van der Waals surface area contributed by atoms with Gasteiger partial charge >= 0.3 is 64.3 Å². The fourth-order valence-electron chi connectivity index (χ4n) is 1.55. The second-order valence-corrected chi connectivity index (χ2v) is 6.22. The molecule has 2 rings (SSSR count). The number of carbonyl (C=O) groups is 2. The maximum absolute atomic E-state index is 10.6. The van der Waals surface area contributed by atoms with Crippen LogP contribution in [0.1, 0.15) is 32.7 Å². The third-order valence-corrected chi connectivity index (χ3v) is 3.90. The molecule has 0 unspecified atom stereocenters. The summed E-state index contributed by atoms with van der Waals surface area (Å²) in [6.45, 7) is 1.48. The van der Waals surface area contributed by atoms with E-state index < -0.39 is 11.9 Å². The van der Waals surface area contributed by atoms with Crippen molar-refractivity contribution in [2.75, 3.05) is 0 Å². The Morgan fingerprint density at radius 2 is 1.68 bits per heavy atom. The molecule has 0 spiro atoms. The number of hydrogen-bond donors (Lipinski definition) is 2. The molecule has 2 N–H and O–H groups in total. The van der Waals surface area contributed by atoms with E-state index >= 15 is 0 Å². The number of aromatic carboxylic acids is 2. The minimum absolute atomic E-state index is 0.0277. The fourth-order valence-corrected chi connectivity index (χ4v) is 2.32. The van der Waals surface area contributed by atoms with Crippen molar-refractivity contribution in [1.82, 2.24) is 0 Å². The summed E-state index contributed by atoms with van der Waals surface area (Å²) in [5, 5.41) is 17.4. The topological polar surface area (TPSA) is 74.6 Å². The summed E-state index contributed by atoms with van der Waals surface area (Å²) in [5.41, 5.74) is 0.335. The van der Waals surface area contributed by atoms with Crippen molar-refractivity contribution in [3.05, 3.63) is 56.4 Å². The van der Waals surface area contributed by atoms with Crippen LogP contribution in [0.5, 0.6) is 0 Å². The zero-order chi connectivity index (χ0) is 14.4. The van der Waals surface area contributed by atoms with Gasteiger partial charge in [0.05, 0.1) is 11.1 Å². The molecule has 19 heavy (non-hydrogen) atoms. The van der Waals surface area contributed by atoms with E-state index in [0.29, 0.717) is 0 Å². The second kappa shape index (κ2) is 7.19. The van der Waals surface area contributed by atoms with Crippen LogP contribution < -0.4 is 0 Å². The normalized spacial score (nSPS) is 12.3. The maximum atomic E-state index is 10.6. The number of benzene rings is 1. The predicted molar refractivity (Wildman–Crippen MR) is 66.9 cm³/mol. The number of carboxylic acid groups (broad SMARTS) is 2. The number of allylic oxidation sites excluding steroid dienone is 4. The van der Waals surface area contributed by atoms with Crippen LogP contribution in [0.2, 0.25) is 0 Å². The first-order chi connectivity index (χ1) is 8.93. The molecular weight excluding hydrogens is 411 g/mol. The first kappa shape index (κ1) is 15.6. The van der Waals surface area contributed by atoms with E-state index in [0.717, 1.165) is 0 Å². The summed E-state index contributed by atoms with van der Waals surface area (Å²) in [7, 11) is 0. The van der Waals surface area contributed by atoms with Crippen LogP contribution >= 0.6 is 0 Å². The molecule has 5 heteroatoms. The van der Waals surface area contributed by atoms with Crippen LogP contribution in [0.3, 0.4) is 0 Å². The van der Waals surface area contributed by atoms with E-state index in [2.05, 4.69) is 18.2 Å². The van der Waals surface area contributed by atoms with Gasteiger partial charge in [-0.05, 0) is 24.6 Å². The molecule has 1 aliphatic rings. The molecule has 1 aliphatic carbocycles.